The highest BCUT2D eigenvalue weighted by molar-refractivity contribution is 6.84. The first-order valence-electron chi connectivity index (χ1n) is 35.3. The number of aryl methyl sites for hydroxylation is 11. The van der Waals surface area contributed by atoms with E-state index in [0.717, 1.165) is 38.4 Å². The SMILES string of the molecule is CC1=c2ccccc2=CB(c2cc(C)c3c(C)cccc3[n+]2C)N1C.CC1=c2ccccc2=CB(c2ccc3c(C)cccc3[n+]2C)N1C.CC1=c2ccccc2=CB(c2ccc3ccccc3[n+]2C)N1C.[2H]C([2H])([2H])c1c[n+](C)c(B2C=c3c(oc4nc(C)cc(C)c34)=CN2C)cc1C. The fourth-order valence-electron chi connectivity index (χ4n) is 15.3. The van der Waals surface area contributed by atoms with Gasteiger partial charge in [0.05, 0.1) is 10.8 Å². The zero-order valence-corrected chi connectivity index (χ0v) is 59.4. The van der Waals surface area contributed by atoms with Gasteiger partial charge >= 0.3 is 27.4 Å². The highest BCUT2D eigenvalue weighted by Crippen LogP contribution is 2.21. The van der Waals surface area contributed by atoms with Crippen molar-refractivity contribution in [2.45, 2.75) is 69.2 Å². The Balaban J connectivity index is 0.000000120. The minimum atomic E-state index is -2.12. The van der Waals surface area contributed by atoms with Crippen molar-refractivity contribution < 1.29 is 26.8 Å². The van der Waals surface area contributed by atoms with Crippen LogP contribution in [0.3, 0.4) is 0 Å². The zero-order valence-electron chi connectivity index (χ0n) is 62.4. The van der Waals surface area contributed by atoms with Crippen molar-refractivity contribution in [1.82, 2.24) is 24.2 Å². The summed E-state index contributed by atoms with van der Waals surface area (Å²) in [5.41, 5.74) is 21.5. The Bertz CT molecular complexity index is 5880. The Morgan fingerprint density at radius 2 is 0.897 bits per heavy atom. The second-order valence-corrected chi connectivity index (χ2v) is 27.1. The summed E-state index contributed by atoms with van der Waals surface area (Å²) in [6.07, 6.45) is 3.71. The van der Waals surface area contributed by atoms with E-state index in [-0.39, 0.29) is 27.4 Å². The molecule has 0 atom stereocenters. The second-order valence-electron chi connectivity index (χ2n) is 27.1. The molecule has 480 valence electrons. The van der Waals surface area contributed by atoms with Gasteiger partial charge in [0.1, 0.15) is 28.2 Å². The number of hydrogen-bond acceptors (Lipinski definition) is 6. The number of benzene rings is 6. The lowest BCUT2D eigenvalue weighted by Gasteiger charge is -2.27. The molecule has 16 rings (SSSR count). The van der Waals surface area contributed by atoms with Crippen molar-refractivity contribution in [3.05, 3.63) is 263 Å². The van der Waals surface area contributed by atoms with Crippen LogP contribution < -0.4 is 82.6 Å². The Morgan fingerprint density at radius 1 is 0.412 bits per heavy atom. The van der Waals surface area contributed by atoms with Crippen LogP contribution >= 0.6 is 0 Å². The Kier molecular flexibility index (Phi) is 16.8. The molecule has 6 aromatic heterocycles. The molecule has 4 aliphatic heterocycles. The van der Waals surface area contributed by atoms with Crippen LogP contribution in [0.5, 0.6) is 0 Å². The van der Waals surface area contributed by atoms with Gasteiger partial charge in [-0.1, -0.05) is 133 Å². The standard InChI is InChI=1S/C22H24BN2.C21H22BN2.C20H23BN3O.C20H20BN2/c1-15-9-8-12-20-22(15)16(2)13-21(24(20)4)23-14-18-10-6-7-11-19(18)17(3)25(23)5;1-15-8-7-11-20-18(15)12-13-21(23(20)3)22-14-17-9-5-6-10-19(17)16(2)24(22)4;1-12-8-18(23(5)10-14(12)3)21-9-16-17(11-24(21)6)25-20-19(16)13(2)7-15(4)22-20;1-15-18-10-6-4-9-17(18)14-21(23(15)3)20-13-12-16-8-5-7-11-19(16)22(20)2/h6-14H,1-5H3;5-14H,1-4H3;7-11H,1-6H3;4-14H,1-3H3/q4*+1/i;;3D3;. The summed E-state index contributed by atoms with van der Waals surface area (Å²) in [5.74, 6) is 9.30. The summed E-state index contributed by atoms with van der Waals surface area (Å²) in [4.78, 5) is 13.8. The third kappa shape index (κ3) is 12.0. The van der Waals surface area contributed by atoms with Gasteiger partial charge in [-0.25, -0.2) is 23.3 Å². The molecule has 0 saturated carbocycles. The highest BCUT2D eigenvalue weighted by atomic mass is 16.3. The largest absolute Gasteiger partial charge is 0.436 e. The third-order valence-corrected chi connectivity index (χ3v) is 21.1. The summed E-state index contributed by atoms with van der Waals surface area (Å²) in [6.45, 7) is 17.7. The quantitative estimate of drug-likeness (QED) is 0.190. The van der Waals surface area contributed by atoms with Crippen molar-refractivity contribution in [3.63, 3.8) is 0 Å². The zero-order chi connectivity index (χ0) is 70.9. The van der Waals surface area contributed by atoms with Crippen molar-refractivity contribution in [1.29, 1.82) is 0 Å². The fourth-order valence-corrected chi connectivity index (χ4v) is 15.3. The van der Waals surface area contributed by atoms with Gasteiger partial charge in [0.2, 0.25) is 22.3 Å². The molecule has 0 aliphatic carbocycles. The maximum Gasteiger partial charge on any atom is 0.396 e. The van der Waals surface area contributed by atoms with Crippen LogP contribution in [0.15, 0.2) is 187 Å². The van der Waals surface area contributed by atoms with Gasteiger partial charge in [-0.15, -0.1) is 0 Å². The van der Waals surface area contributed by atoms with E-state index in [4.69, 9.17) is 8.53 Å². The highest BCUT2D eigenvalue weighted by Gasteiger charge is 2.36. The van der Waals surface area contributed by atoms with E-state index in [1.165, 1.54) is 115 Å². The minimum Gasteiger partial charge on any atom is -0.436 e. The molecule has 0 saturated heterocycles. The number of aromatic nitrogens is 5. The molecule has 6 aromatic carbocycles. The lowest BCUT2D eigenvalue weighted by molar-refractivity contribution is -0.654. The Morgan fingerprint density at radius 3 is 1.49 bits per heavy atom. The second kappa shape index (κ2) is 26.4. The van der Waals surface area contributed by atoms with E-state index in [1.807, 2.05) is 44.8 Å². The van der Waals surface area contributed by atoms with Crippen LogP contribution in [0, 0.1) is 48.4 Å². The third-order valence-electron chi connectivity index (χ3n) is 21.1. The van der Waals surface area contributed by atoms with Crippen LogP contribution in [0.2, 0.25) is 0 Å². The maximum atomic E-state index is 7.75. The normalized spacial score (nSPS) is 14.4. The van der Waals surface area contributed by atoms with Crippen LogP contribution in [0.1, 0.15) is 64.0 Å². The van der Waals surface area contributed by atoms with Crippen LogP contribution in [0.25, 0.3) is 91.0 Å². The Labute approximate surface area is 577 Å². The fraction of sp³-hybridized carbons (Fsp3) is 0.217. The van der Waals surface area contributed by atoms with Crippen LogP contribution in [-0.2, 0) is 28.2 Å². The number of furan rings is 1. The van der Waals surface area contributed by atoms with Gasteiger partial charge in [-0.3, -0.25) is 0 Å². The van der Waals surface area contributed by atoms with Gasteiger partial charge in [-0.05, 0) is 193 Å². The summed E-state index contributed by atoms with van der Waals surface area (Å²) in [6, 6.07) is 63.0. The number of nitrogens with zero attached hydrogens (tertiary/aromatic N) is 9. The molecule has 0 unspecified atom stereocenters. The van der Waals surface area contributed by atoms with E-state index in [1.54, 1.807) is 6.20 Å². The summed E-state index contributed by atoms with van der Waals surface area (Å²) in [7, 11) is 17.0. The van der Waals surface area contributed by atoms with Crippen molar-refractivity contribution in [2.75, 3.05) is 28.2 Å². The van der Waals surface area contributed by atoms with Gasteiger partial charge in [0.25, 0.3) is 0 Å². The molecule has 14 heteroatoms. The first kappa shape index (κ1) is 61.7. The van der Waals surface area contributed by atoms with Gasteiger partial charge in [0, 0.05) is 85.0 Å². The number of para-hydroxylation sites is 1. The number of hydrogen-bond donors (Lipinski definition) is 0. The molecular formula is C83H89B4N9O+4. The van der Waals surface area contributed by atoms with Crippen LogP contribution in [0.4, 0.5) is 0 Å². The van der Waals surface area contributed by atoms with Gasteiger partial charge in [-0.2, -0.15) is 0 Å². The minimum absolute atomic E-state index is 0.0386. The summed E-state index contributed by atoms with van der Waals surface area (Å²) in [5, 5.41) is 14.0. The smallest absolute Gasteiger partial charge is 0.396 e. The van der Waals surface area contributed by atoms with E-state index in [2.05, 4.69) is 322 Å². The average Bonchev–Trinajstić information content (AvgIpc) is 1.30. The molecule has 0 fully saturated rings. The van der Waals surface area contributed by atoms with E-state index in [9.17, 15) is 0 Å². The predicted octanol–water partition coefficient (Wildman–Crippen LogP) is 4.58. The molecule has 0 radical (unpaired) electrons. The molecular weight excluding hydrogens is 1180 g/mol. The molecule has 0 amide bonds. The lowest BCUT2D eigenvalue weighted by Crippen LogP contribution is -2.62. The number of rotatable bonds is 4. The maximum absolute atomic E-state index is 7.75. The molecule has 0 spiro atoms. The summed E-state index contributed by atoms with van der Waals surface area (Å²) < 4.78 is 38.2. The van der Waals surface area contributed by atoms with E-state index < -0.39 is 6.85 Å². The van der Waals surface area contributed by atoms with Crippen molar-refractivity contribution in [2.24, 2.45) is 28.2 Å². The molecule has 0 bridgehead atoms. The molecule has 10 nitrogen and oxygen atoms in total. The predicted molar refractivity (Wildman–Crippen MR) is 409 cm³/mol. The molecule has 4 aliphatic rings. The van der Waals surface area contributed by atoms with E-state index in [0.29, 0.717) is 11.3 Å². The first-order chi connectivity index (χ1) is 47.8. The van der Waals surface area contributed by atoms with Crippen molar-refractivity contribution in [3.8, 4) is 0 Å². The van der Waals surface area contributed by atoms with Gasteiger partial charge in [0.15, 0.2) is 34.0 Å². The lowest BCUT2D eigenvalue weighted by atomic mass is 9.54. The van der Waals surface area contributed by atoms with Gasteiger partial charge < -0.3 is 23.7 Å². The first-order valence-corrected chi connectivity index (χ1v) is 33.8. The number of pyridine rings is 5. The topological polar surface area (TPSA) is 54.5 Å². The molecule has 0 N–H and O–H groups in total. The molecule has 97 heavy (non-hydrogen) atoms. The Hall–Kier alpha value is -10.2. The van der Waals surface area contributed by atoms with E-state index >= 15 is 0 Å². The average molecular weight is 1270 g/mol. The molecule has 10 heterocycles. The number of fused-ring (bicyclic) bond motifs is 9. The summed E-state index contributed by atoms with van der Waals surface area (Å²) >= 11 is 0. The monoisotopic (exact) mass is 1270 g/mol. The van der Waals surface area contributed by atoms with Crippen molar-refractivity contribution >= 4 is 141 Å². The van der Waals surface area contributed by atoms with Crippen LogP contribution in [-0.4, -0.2) is 79.8 Å². The molecule has 12 aromatic rings.